The molecule has 14 heteroatoms. The molecule has 0 aliphatic carbocycles. The third-order valence-electron chi connectivity index (χ3n) is 5.43. The van der Waals surface area contributed by atoms with E-state index in [2.05, 4.69) is 4.98 Å². The standard InChI is InChI=1S/C25H23F5N4O5/c1-13-5-17(34(37)10-19(13)38-11-24(3,4)36)9-33-12-32-21(25(28,29)30)20(23(33)35)39-18-7-15(22(26)27)6-16(8-31)14(18)2/h5-7,10,12,22,36H,9,11H2,1-4H3. The maximum atomic E-state index is 13.7. The van der Waals surface area contributed by atoms with Crippen LogP contribution in [0.25, 0.3) is 0 Å². The summed E-state index contributed by atoms with van der Waals surface area (Å²) in [6.07, 6.45) is -6.61. The third-order valence-corrected chi connectivity index (χ3v) is 5.43. The van der Waals surface area contributed by atoms with E-state index in [1.54, 1.807) is 13.0 Å². The van der Waals surface area contributed by atoms with Gasteiger partial charge in [0.05, 0.1) is 23.6 Å². The number of aryl methyl sites for hydroxylation is 1. The second-order valence-electron chi connectivity index (χ2n) is 9.30. The minimum Gasteiger partial charge on any atom is -0.618 e. The van der Waals surface area contributed by atoms with Crippen molar-refractivity contribution in [2.75, 3.05) is 6.61 Å². The summed E-state index contributed by atoms with van der Waals surface area (Å²) in [5, 5.41) is 31.6. The van der Waals surface area contributed by atoms with Gasteiger partial charge in [-0.2, -0.15) is 23.2 Å². The minimum atomic E-state index is -5.16. The highest BCUT2D eigenvalue weighted by molar-refractivity contribution is 5.51. The Bertz CT molecular complexity index is 1490. The van der Waals surface area contributed by atoms with Gasteiger partial charge in [-0.15, -0.1) is 0 Å². The summed E-state index contributed by atoms with van der Waals surface area (Å²) >= 11 is 0. The average Bonchev–Trinajstić information content (AvgIpc) is 2.82. The first-order chi connectivity index (χ1) is 18.0. The number of nitrogens with zero attached hydrogens (tertiary/aromatic N) is 4. The zero-order valence-corrected chi connectivity index (χ0v) is 21.1. The van der Waals surface area contributed by atoms with Gasteiger partial charge >= 0.3 is 6.18 Å². The van der Waals surface area contributed by atoms with Crippen molar-refractivity contribution < 1.29 is 41.3 Å². The summed E-state index contributed by atoms with van der Waals surface area (Å²) in [6, 6.07) is 4.60. The molecule has 1 N–H and O–H groups in total. The van der Waals surface area contributed by atoms with Gasteiger partial charge in [0.15, 0.2) is 11.4 Å². The number of aliphatic hydroxyl groups is 1. The fraction of sp³-hybridized carbons (Fsp3) is 0.360. The maximum absolute atomic E-state index is 13.7. The molecule has 3 aromatic rings. The second-order valence-corrected chi connectivity index (χ2v) is 9.30. The van der Waals surface area contributed by atoms with Crippen LogP contribution < -0.4 is 19.8 Å². The van der Waals surface area contributed by atoms with E-state index in [-0.39, 0.29) is 29.2 Å². The SMILES string of the molecule is Cc1cc(Cn2cnc(C(F)(F)F)c(Oc3cc(C(F)F)cc(C#N)c3C)c2=O)[n+]([O-])cc1OCC(C)(C)O. The van der Waals surface area contributed by atoms with Crippen molar-refractivity contribution in [1.82, 2.24) is 9.55 Å². The quantitative estimate of drug-likeness (QED) is 0.250. The molecule has 0 unspecified atom stereocenters. The Morgan fingerprint density at radius 2 is 1.87 bits per heavy atom. The summed E-state index contributed by atoms with van der Waals surface area (Å²) in [4.78, 5) is 16.4. The molecule has 0 saturated carbocycles. The third kappa shape index (κ3) is 6.80. The van der Waals surface area contributed by atoms with Crippen LogP contribution in [0.5, 0.6) is 17.2 Å². The van der Waals surface area contributed by atoms with Crippen molar-refractivity contribution in [1.29, 1.82) is 5.26 Å². The van der Waals surface area contributed by atoms with Gasteiger partial charge in [0.25, 0.3) is 12.0 Å². The van der Waals surface area contributed by atoms with Crippen molar-refractivity contribution in [3.63, 3.8) is 0 Å². The number of hydrogen-bond donors (Lipinski definition) is 1. The van der Waals surface area contributed by atoms with Crippen molar-refractivity contribution in [2.45, 2.75) is 52.4 Å². The van der Waals surface area contributed by atoms with Gasteiger partial charge in [0.2, 0.25) is 17.6 Å². The average molecular weight is 554 g/mol. The number of hydrogen-bond acceptors (Lipinski definition) is 7. The van der Waals surface area contributed by atoms with Gasteiger partial charge in [-0.3, -0.25) is 9.36 Å². The smallest absolute Gasteiger partial charge is 0.437 e. The number of nitriles is 1. The van der Waals surface area contributed by atoms with E-state index in [1.807, 2.05) is 0 Å². The van der Waals surface area contributed by atoms with Gasteiger partial charge in [-0.05, 0) is 39.8 Å². The van der Waals surface area contributed by atoms with Crippen LogP contribution in [-0.4, -0.2) is 26.9 Å². The van der Waals surface area contributed by atoms with Gasteiger partial charge in [0, 0.05) is 22.8 Å². The van der Waals surface area contributed by atoms with Gasteiger partial charge in [0.1, 0.15) is 18.9 Å². The molecule has 0 saturated heterocycles. The molecule has 0 radical (unpaired) electrons. The lowest BCUT2D eigenvalue weighted by Crippen LogP contribution is -2.36. The zero-order chi connectivity index (χ0) is 29.3. The van der Waals surface area contributed by atoms with E-state index < -0.39 is 53.1 Å². The second kappa shape index (κ2) is 10.9. The number of ether oxygens (including phenoxy) is 2. The molecule has 0 bridgehead atoms. The first-order valence-corrected chi connectivity index (χ1v) is 11.3. The Morgan fingerprint density at radius 1 is 1.21 bits per heavy atom. The van der Waals surface area contributed by atoms with E-state index in [0.717, 1.165) is 18.3 Å². The maximum Gasteiger partial charge on any atom is 0.437 e. The molecule has 1 aromatic carbocycles. The molecule has 3 rings (SSSR count). The first kappa shape index (κ1) is 29.3. The molecule has 2 heterocycles. The van der Waals surface area contributed by atoms with Gasteiger partial charge < -0.3 is 19.8 Å². The largest absolute Gasteiger partial charge is 0.618 e. The predicted molar refractivity (Wildman–Crippen MR) is 125 cm³/mol. The van der Waals surface area contributed by atoms with Crippen LogP contribution in [0.1, 0.15) is 53.9 Å². The van der Waals surface area contributed by atoms with E-state index in [9.17, 15) is 42.3 Å². The van der Waals surface area contributed by atoms with Crippen molar-refractivity contribution >= 4 is 0 Å². The van der Waals surface area contributed by atoms with Crippen LogP contribution in [0.4, 0.5) is 22.0 Å². The number of halogens is 5. The summed E-state index contributed by atoms with van der Waals surface area (Å²) in [5.41, 5.74) is -4.93. The highest BCUT2D eigenvalue weighted by Crippen LogP contribution is 2.37. The van der Waals surface area contributed by atoms with Crippen LogP contribution in [0, 0.1) is 30.4 Å². The molecule has 0 spiro atoms. The molecule has 2 aromatic heterocycles. The Kier molecular flexibility index (Phi) is 8.16. The number of alkyl halides is 5. The number of benzene rings is 1. The monoisotopic (exact) mass is 554 g/mol. The molecule has 0 aliphatic heterocycles. The molecular weight excluding hydrogens is 531 g/mol. The van der Waals surface area contributed by atoms with Crippen LogP contribution in [0.3, 0.4) is 0 Å². The normalized spacial score (nSPS) is 11.9. The van der Waals surface area contributed by atoms with E-state index in [4.69, 9.17) is 9.47 Å². The lowest BCUT2D eigenvalue weighted by atomic mass is 10.0. The Morgan fingerprint density at radius 3 is 2.44 bits per heavy atom. The van der Waals surface area contributed by atoms with E-state index in [0.29, 0.717) is 21.2 Å². The number of aromatic nitrogens is 3. The fourth-order valence-corrected chi connectivity index (χ4v) is 3.42. The zero-order valence-electron chi connectivity index (χ0n) is 21.1. The molecule has 39 heavy (non-hydrogen) atoms. The Labute approximate surface area is 218 Å². The first-order valence-electron chi connectivity index (χ1n) is 11.3. The molecule has 9 nitrogen and oxygen atoms in total. The molecule has 0 amide bonds. The predicted octanol–water partition coefficient (Wildman–Crippen LogP) is 4.31. The molecule has 208 valence electrons. The van der Waals surface area contributed by atoms with Crippen LogP contribution in [-0.2, 0) is 12.7 Å². The highest BCUT2D eigenvalue weighted by Gasteiger charge is 2.39. The highest BCUT2D eigenvalue weighted by atomic mass is 19.4. The fourth-order valence-electron chi connectivity index (χ4n) is 3.42. The lowest BCUT2D eigenvalue weighted by Gasteiger charge is -2.19. The molecule has 0 aliphatic rings. The van der Waals surface area contributed by atoms with Gasteiger partial charge in [-0.1, -0.05) is 0 Å². The summed E-state index contributed by atoms with van der Waals surface area (Å²) in [6.45, 7) is 5.18. The van der Waals surface area contributed by atoms with Crippen molar-refractivity contribution in [3.8, 4) is 23.3 Å². The topological polar surface area (TPSA) is 124 Å². The van der Waals surface area contributed by atoms with E-state index in [1.165, 1.54) is 26.8 Å². The number of pyridine rings is 1. The van der Waals surface area contributed by atoms with Crippen LogP contribution in [0.15, 0.2) is 35.5 Å². The van der Waals surface area contributed by atoms with Crippen molar-refractivity contribution in [2.24, 2.45) is 0 Å². The Balaban J connectivity index is 2.08. The Hall–Kier alpha value is -4.25. The summed E-state index contributed by atoms with van der Waals surface area (Å²) in [5.74, 6) is -1.74. The minimum absolute atomic E-state index is 0.0691. The molecule has 0 atom stereocenters. The lowest BCUT2D eigenvalue weighted by molar-refractivity contribution is -0.614. The number of rotatable bonds is 8. The summed E-state index contributed by atoms with van der Waals surface area (Å²) in [7, 11) is 0. The van der Waals surface area contributed by atoms with Crippen LogP contribution >= 0.6 is 0 Å². The molecular formula is C25H23F5N4O5. The summed E-state index contributed by atoms with van der Waals surface area (Å²) < 4.78 is 79.4. The van der Waals surface area contributed by atoms with Crippen molar-refractivity contribution in [3.05, 3.63) is 79.9 Å². The van der Waals surface area contributed by atoms with E-state index >= 15 is 0 Å². The molecule has 0 fully saturated rings. The van der Waals surface area contributed by atoms with Gasteiger partial charge in [-0.25, -0.2) is 13.8 Å². The van der Waals surface area contributed by atoms with Crippen LogP contribution in [0.2, 0.25) is 0 Å².